The van der Waals surface area contributed by atoms with Crippen LogP contribution in [-0.2, 0) is 0 Å². The summed E-state index contributed by atoms with van der Waals surface area (Å²) in [5.41, 5.74) is 0. The van der Waals surface area contributed by atoms with Crippen LogP contribution in [0.15, 0.2) is 7.66 Å². The van der Waals surface area contributed by atoms with Crippen molar-refractivity contribution in [2.75, 3.05) is 0 Å². The molecule has 0 radical (unpaired) electrons. The van der Waals surface area contributed by atoms with Crippen LogP contribution in [-0.4, -0.2) is 0 Å². The van der Waals surface area contributed by atoms with Gasteiger partial charge in [-0.3, -0.25) is 0 Å². The fourth-order valence-electron chi connectivity index (χ4n) is 0.0772. The lowest BCUT2D eigenvalue weighted by Gasteiger charge is -1.81. The van der Waals surface area contributed by atoms with E-state index in [1.54, 1.807) is 0 Å². The lowest BCUT2D eigenvalue weighted by atomic mass is 10.5. The molecule has 0 N–H and O–H groups in total. The predicted octanol–water partition coefficient (Wildman–Crippen LogP) is 3.11. The van der Waals surface area contributed by atoms with E-state index in [2.05, 4.69) is 56.2 Å². The van der Waals surface area contributed by atoms with Crippen LogP contribution >= 0.6 is 45.2 Å². The Morgan fingerprint density at radius 1 is 1.83 bits per heavy atom. The van der Waals surface area contributed by atoms with Crippen molar-refractivity contribution in [3.05, 3.63) is 7.66 Å². The third kappa shape index (κ3) is 3.39. The third-order valence-corrected chi connectivity index (χ3v) is 3.47. The van der Waals surface area contributed by atoms with Gasteiger partial charge in [-0.15, -0.1) is 0 Å². The van der Waals surface area contributed by atoms with E-state index >= 15 is 0 Å². The van der Waals surface area contributed by atoms with Crippen LogP contribution in [0.3, 0.4) is 0 Å². The second kappa shape index (κ2) is 4.36. The van der Waals surface area contributed by atoms with Gasteiger partial charge in [0, 0.05) is 0 Å². The standard InChI is InChI=1S/C4H6I2/c1-2-4(6)3-5/h3H,2H2,1H3. The summed E-state index contributed by atoms with van der Waals surface area (Å²) >= 11 is 4.57. The first kappa shape index (κ1) is 7.20. The highest BCUT2D eigenvalue weighted by Gasteiger charge is 1.77. The quantitative estimate of drug-likeness (QED) is 0.653. The van der Waals surface area contributed by atoms with Crippen LogP contribution in [0.2, 0.25) is 0 Å². The summed E-state index contributed by atoms with van der Waals surface area (Å²) in [5, 5.41) is 0. The van der Waals surface area contributed by atoms with Gasteiger partial charge < -0.3 is 0 Å². The summed E-state index contributed by atoms with van der Waals surface area (Å²) in [4.78, 5) is 0. The maximum atomic E-state index is 2.32. The van der Waals surface area contributed by atoms with Crippen LogP contribution in [0.5, 0.6) is 0 Å². The normalized spacial score (nSPS) is 12.2. The molecule has 36 valence electrons. The van der Waals surface area contributed by atoms with E-state index in [1.807, 2.05) is 0 Å². The molecule has 0 aromatic heterocycles. The first-order valence-electron chi connectivity index (χ1n) is 1.76. The van der Waals surface area contributed by atoms with Crippen LogP contribution in [0, 0.1) is 0 Å². The molecular weight excluding hydrogens is 302 g/mol. The largest absolute Gasteiger partial charge is 0.0608 e. The molecule has 0 saturated heterocycles. The molecule has 0 amide bonds. The first-order valence-corrected chi connectivity index (χ1v) is 4.08. The maximum absolute atomic E-state index is 2.32. The molecule has 6 heavy (non-hydrogen) atoms. The second-order valence-corrected chi connectivity index (χ2v) is 2.92. The van der Waals surface area contributed by atoms with E-state index in [1.165, 1.54) is 10.0 Å². The Morgan fingerprint density at radius 3 is 2.33 bits per heavy atom. The highest BCUT2D eigenvalue weighted by atomic mass is 127. The lowest BCUT2D eigenvalue weighted by molar-refractivity contribution is 1.22. The summed E-state index contributed by atoms with van der Waals surface area (Å²) in [7, 11) is 0. The highest BCUT2D eigenvalue weighted by Crippen LogP contribution is 2.11. The Kier molecular flexibility index (Phi) is 5.23. The van der Waals surface area contributed by atoms with E-state index in [0.29, 0.717) is 0 Å². The lowest BCUT2D eigenvalue weighted by Crippen LogP contribution is -1.55. The Labute approximate surface area is 65.7 Å². The molecule has 0 unspecified atom stereocenters. The number of hydrogen-bond donors (Lipinski definition) is 0. The van der Waals surface area contributed by atoms with E-state index in [-0.39, 0.29) is 0 Å². The number of allylic oxidation sites excluding steroid dienone is 1. The van der Waals surface area contributed by atoms with Crippen LogP contribution in [0.25, 0.3) is 0 Å². The van der Waals surface area contributed by atoms with Gasteiger partial charge in [-0.25, -0.2) is 0 Å². The Bertz CT molecular complexity index is 56.6. The summed E-state index contributed by atoms with van der Waals surface area (Å²) in [6.45, 7) is 2.15. The van der Waals surface area contributed by atoms with Gasteiger partial charge in [0.2, 0.25) is 0 Å². The van der Waals surface area contributed by atoms with Gasteiger partial charge in [0.05, 0.1) is 0 Å². The van der Waals surface area contributed by atoms with Gasteiger partial charge in [-0.05, 0) is 36.7 Å². The average Bonchev–Trinajstić information content (AvgIpc) is 1.65. The van der Waals surface area contributed by atoms with E-state index in [0.717, 1.165) is 0 Å². The molecule has 0 nitrogen and oxygen atoms in total. The van der Waals surface area contributed by atoms with Crippen molar-refractivity contribution in [3.63, 3.8) is 0 Å². The molecular formula is C4H6I2. The van der Waals surface area contributed by atoms with Gasteiger partial charge in [0.25, 0.3) is 0 Å². The third-order valence-electron chi connectivity index (χ3n) is 0.456. The summed E-state index contributed by atoms with van der Waals surface area (Å²) in [5.74, 6) is 0. The number of hydrogen-bond acceptors (Lipinski definition) is 0. The monoisotopic (exact) mass is 308 g/mol. The minimum atomic E-state index is 1.17. The minimum Gasteiger partial charge on any atom is -0.0608 e. The zero-order chi connectivity index (χ0) is 4.99. The molecule has 0 saturated carbocycles. The van der Waals surface area contributed by atoms with E-state index in [9.17, 15) is 0 Å². The van der Waals surface area contributed by atoms with Gasteiger partial charge in [0.1, 0.15) is 0 Å². The fourth-order valence-corrected chi connectivity index (χ4v) is 0.518. The zero-order valence-electron chi connectivity index (χ0n) is 3.54. The van der Waals surface area contributed by atoms with Crippen molar-refractivity contribution in [3.8, 4) is 0 Å². The Morgan fingerprint density at radius 2 is 2.33 bits per heavy atom. The van der Waals surface area contributed by atoms with Crippen molar-refractivity contribution < 1.29 is 0 Å². The van der Waals surface area contributed by atoms with Crippen molar-refractivity contribution in [1.29, 1.82) is 0 Å². The van der Waals surface area contributed by atoms with Gasteiger partial charge in [0.15, 0.2) is 0 Å². The Balaban J connectivity index is 3.22. The van der Waals surface area contributed by atoms with Crippen LogP contribution in [0.4, 0.5) is 0 Å². The van der Waals surface area contributed by atoms with Crippen molar-refractivity contribution in [2.24, 2.45) is 0 Å². The van der Waals surface area contributed by atoms with E-state index < -0.39 is 0 Å². The average molecular weight is 308 g/mol. The molecule has 0 spiro atoms. The molecule has 0 fully saturated rings. The SMILES string of the molecule is CCC(I)=CI. The smallest absolute Gasteiger partial charge is 0.00362 e. The van der Waals surface area contributed by atoms with Crippen molar-refractivity contribution in [2.45, 2.75) is 13.3 Å². The van der Waals surface area contributed by atoms with Crippen LogP contribution in [0.1, 0.15) is 13.3 Å². The van der Waals surface area contributed by atoms with Gasteiger partial charge >= 0.3 is 0 Å². The first-order chi connectivity index (χ1) is 2.81. The summed E-state index contributed by atoms with van der Waals surface area (Å²) < 4.78 is 3.52. The van der Waals surface area contributed by atoms with Gasteiger partial charge in [-0.1, -0.05) is 29.5 Å². The maximum Gasteiger partial charge on any atom is -0.00362 e. The second-order valence-electron chi connectivity index (χ2n) is 0.910. The molecule has 0 rings (SSSR count). The number of halogens is 2. The molecule has 0 aliphatic heterocycles. The predicted molar refractivity (Wildman–Crippen MR) is 46.4 cm³/mol. The summed E-state index contributed by atoms with van der Waals surface area (Å²) in [6.07, 6.45) is 1.17. The molecule has 0 heterocycles. The zero-order valence-corrected chi connectivity index (χ0v) is 7.86. The molecule has 0 aromatic rings. The molecule has 0 atom stereocenters. The van der Waals surface area contributed by atoms with Crippen LogP contribution < -0.4 is 0 Å². The molecule has 0 aliphatic rings. The summed E-state index contributed by atoms with van der Waals surface area (Å²) in [6, 6.07) is 0. The van der Waals surface area contributed by atoms with Gasteiger partial charge in [-0.2, -0.15) is 0 Å². The highest BCUT2D eigenvalue weighted by molar-refractivity contribution is 14.1. The number of rotatable bonds is 1. The molecule has 0 bridgehead atoms. The van der Waals surface area contributed by atoms with Crippen molar-refractivity contribution in [1.82, 2.24) is 0 Å². The molecule has 0 aromatic carbocycles. The topological polar surface area (TPSA) is 0 Å². The minimum absolute atomic E-state index is 1.17. The molecule has 0 aliphatic carbocycles. The van der Waals surface area contributed by atoms with E-state index in [4.69, 9.17) is 0 Å². The van der Waals surface area contributed by atoms with Crippen molar-refractivity contribution >= 4 is 45.2 Å². The fraction of sp³-hybridized carbons (Fsp3) is 0.500. The Hall–Kier alpha value is 1.20. The molecule has 2 heteroatoms.